The maximum atomic E-state index is 2.56. The van der Waals surface area contributed by atoms with Gasteiger partial charge in [0.2, 0.25) is 0 Å². The van der Waals surface area contributed by atoms with Crippen molar-refractivity contribution in [3.05, 3.63) is 161 Å². The minimum atomic E-state index is -0.0427. The molecule has 0 saturated heterocycles. The molecule has 8 rings (SSSR count). The second-order valence-corrected chi connectivity index (χ2v) is 18.8. The highest BCUT2D eigenvalue weighted by molar-refractivity contribution is 5.93. The van der Waals surface area contributed by atoms with Crippen LogP contribution in [0.5, 0.6) is 0 Å². The van der Waals surface area contributed by atoms with Crippen LogP contribution in [-0.2, 0) is 21.7 Å². The molecule has 2 aliphatic carbocycles. The quantitative estimate of drug-likeness (QED) is 0.174. The lowest BCUT2D eigenvalue weighted by Crippen LogP contribution is -2.42. The Labute approximate surface area is 318 Å². The Hall–Kier alpha value is -4.88. The van der Waals surface area contributed by atoms with E-state index < -0.39 is 0 Å². The van der Waals surface area contributed by atoms with Crippen molar-refractivity contribution in [2.75, 3.05) is 4.90 Å². The predicted molar refractivity (Wildman–Crippen MR) is 228 cm³/mol. The van der Waals surface area contributed by atoms with E-state index in [1.54, 1.807) is 0 Å². The van der Waals surface area contributed by atoms with Crippen LogP contribution in [-0.4, -0.2) is 0 Å². The second-order valence-electron chi connectivity index (χ2n) is 18.8. The highest BCUT2D eigenvalue weighted by Crippen LogP contribution is 2.63. The van der Waals surface area contributed by atoms with Crippen molar-refractivity contribution in [3.63, 3.8) is 0 Å². The average Bonchev–Trinajstić information content (AvgIpc) is 3.42. The molecule has 0 amide bonds. The summed E-state index contributed by atoms with van der Waals surface area (Å²) >= 11 is 0. The summed E-state index contributed by atoms with van der Waals surface area (Å²) in [5, 5.41) is 0. The van der Waals surface area contributed by atoms with Crippen LogP contribution in [0, 0.1) is 5.41 Å². The summed E-state index contributed by atoms with van der Waals surface area (Å²) in [6.07, 6.45) is 0. The van der Waals surface area contributed by atoms with Crippen molar-refractivity contribution < 1.29 is 0 Å². The van der Waals surface area contributed by atoms with Gasteiger partial charge in [-0.15, -0.1) is 0 Å². The molecular weight excluding hydrogens is 639 g/mol. The van der Waals surface area contributed by atoms with E-state index >= 15 is 0 Å². The molecule has 0 atom stereocenters. The summed E-state index contributed by atoms with van der Waals surface area (Å²) in [6.45, 7) is 26.4. The standard InChI is InChI=1S/C52H55N/c1-48(2,3)37-24-28-39(29-25-37)53(38-26-21-35(22-27-38)34-17-13-12-14-18-34)47-33-46-45(50(6,7)52(10,11)51(46,8)9)32-41(47)36-23-30-44-42(31-36)40-19-15-16-20-43(40)49(44,4)5/h12-33H,1-11H3. The van der Waals surface area contributed by atoms with Gasteiger partial charge in [-0.3, -0.25) is 0 Å². The van der Waals surface area contributed by atoms with E-state index in [1.807, 2.05) is 0 Å². The third-order valence-corrected chi connectivity index (χ3v) is 14.0. The van der Waals surface area contributed by atoms with Crippen LogP contribution in [0.1, 0.15) is 104 Å². The third-order valence-electron chi connectivity index (χ3n) is 14.0. The molecule has 0 N–H and O–H groups in total. The Morgan fingerprint density at radius 3 is 1.55 bits per heavy atom. The molecule has 53 heavy (non-hydrogen) atoms. The van der Waals surface area contributed by atoms with Gasteiger partial charge in [-0.05, 0) is 120 Å². The fourth-order valence-electron chi connectivity index (χ4n) is 9.35. The average molecular weight is 694 g/mol. The maximum Gasteiger partial charge on any atom is 0.0543 e. The summed E-state index contributed by atoms with van der Waals surface area (Å²) in [6, 6.07) is 50.5. The first-order valence-electron chi connectivity index (χ1n) is 19.4. The minimum absolute atomic E-state index is 0.0268. The SMILES string of the molecule is CC(C)(C)c1ccc(N(c2ccc(-c3ccccc3)cc2)c2cc3c(cc2-c2ccc4c(c2)-c2ccccc2C4(C)C)C(C)(C)C(C)(C)C3(C)C)cc1. The zero-order valence-electron chi connectivity index (χ0n) is 33.6. The number of anilines is 3. The van der Waals surface area contributed by atoms with Gasteiger partial charge in [0, 0.05) is 22.4 Å². The molecule has 0 aromatic heterocycles. The van der Waals surface area contributed by atoms with Gasteiger partial charge in [0.15, 0.2) is 0 Å². The summed E-state index contributed by atoms with van der Waals surface area (Å²) in [5.74, 6) is 0. The molecule has 0 unspecified atom stereocenters. The van der Waals surface area contributed by atoms with Crippen molar-refractivity contribution >= 4 is 17.1 Å². The molecular formula is C52H55N. The van der Waals surface area contributed by atoms with E-state index in [4.69, 9.17) is 0 Å². The van der Waals surface area contributed by atoms with Crippen LogP contribution in [0.15, 0.2) is 133 Å². The van der Waals surface area contributed by atoms with Gasteiger partial charge in [-0.1, -0.05) is 167 Å². The predicted octanol–water partition coefficient (Wildman–Crippen LogP) is 14.7. The second kappa shape index (κ2) is 11.8. The van der Waals surface area contributed by atoms with E-state index in [2.05, 4.69) is 215 Å². The lowest BCUT2D eigenvalue weighted by molar-refractivity contribution is 0.125. The number of fused-ring (bicyclic) bond motifs is 4. The Morgan fingerprint density at radius 2 is 0.925 bits per heavy atom. The molecule has 0 aliphatic heterocycles. The highest BCUT2D eigenvalue weighted by atomic mass is 15.1. The van der Waals surface area contributed by atoms with Gasteiger partial charge in [0.25, 0.3) is 0 Å². The van der Waals surface area contributed by atoms with Crippen LogP contribution in [0.4, 0.5) is 17.1 Å². The van der Waals surface area contributed by atoms with E-state index in [1.165, 1.54) is 66.9 Å². The van der Waals surface area contributed by atoms with Crippen molar-refractivity contribution in [1.82, 2.24) is 0 Å². The monoisotopic (exact) mass is 693 g/mol. The normalized spacial score (nSPS) is 17.2. The molecule has 1 nitrogen and oxygen atoms in total. The first-order valence-corrected chi connectivity index (χ1v) is 19.4. The molecule has 2 aliphatic rings. The molecule has 0 heterocycles. The summed E-state index contributed by atoms with van der Waals surface area (Å²) in [5.41, 5.74) is 18.2. The van der Waals surface area contributed by atoms with E-state index in [9.17, 15) is 0 Å². The summed E-state index contributed by atoms with van der Waals surface area (Å²) in [4.78, 5) is 2.51. The molecule has 0 bridgehead atoms. The zero-order chi connectivity index (χ0) is 37.7. The van der Waals surface area contributed by atoms with Gasteiger partial charge in [-0.2, -0.15) is 0 Å². The molecule has 0 fully saturated rings. The first-order chi connectivity index (χ1) is 24.9. The van der Waals surface area contributed by atoms with Gasteiger partial charge < -0.3 is 4.90 Å². The molecule has 1 heteroatoms. The van der Waals surface area contributed by atoms with Gasteiger partial charge in [-0.25, -0.2) is 0 Å². The summed E-state index contributed by atoms with van der Waals surface area (Å²) in [7, 11) is 0. The summed E-state index contributed by atoms with van der Waals surface area (Å²) < 4.78 is 0. The molecule has 0 saturated carbocycles. The first kappa shape index (κ1) is 35.2. The minimum Gasteiger partial charge on any atom is -0.310 e. The molecule has 6 aromatic carbocycles. The maximum absolute atomic E-state index is 2.56. The number of benzene rings is 6. The number of hydrogen-bond donors (Lipinski definition) is 0. The molecule has 268 valence electrons. The molecule has 0 spiro atoms. The van der Waals surface area contributed by atoms with E-state index in [0.717, 1.165) is 11.4 Å². The lowest BCUT2D eigenvalue weighted by Gasteiger charge is -2.44. The topological polar surface area (TPSA) is 3.24 Å². The van der Waals surface area contributed by atoms with Crippen LogP contribution in [0.25, 0.3) is 33.4 Å². The van der Waals surface area contributed by atoms with Gasteiger partial charge in [0.05, 0.1) is 5.69 Å². The Bertz CT molecular complexity index is 2340. The van der Waals surface area contributed by atoms with Crippen LogP contribution in [0.2, 0.25) is 0 Å². The number of rotatable bonds is 5. The van der Waals surface area contributed by atoms with E-state index in [-0.39, 0.29) is 27.1 Å². The molecule has 6 aromatic rings. The number of hydrogen-bond acceptors (Lipinski definition) is 1. The Kier molecular flexibility index (Phi) is 7.84. The van der Waals surface area contributed by atoms with Crippen molar-refractivity contribution in [2.24, 2.45) is 5.41 Å². The Morgan fingerprint density at radius 1 is 0.415 bits per heavy atom. The van der Waals surface area contributed by atoms with Crippen molar-refractivity contribution in [3.8, 4) is 33.4 Å². The fraction of sp³-hybridized carbons (Fsp3) is 0.308. The van der Waals surface area contributed by atoms with Crippen molar-refractivity contribution in [1.29, 1.82) is 0 Å². The van der Waals surface area contributed by atoms with Crippen LogP contribution in [0.3, 0.4) is 0 Å². The lowest BCUT2D eigenvalue weighted by atomic mass is 9.59. The zero-order valence-corrected chi connectivity index (χ0v) is 33.6. The smallest absolute Gasteiger partial charge is 0.0543 e. The highest BCUT2D eigenvalue weighted by Gasteiger charge is 2.57. The third kappa shape index (κ3) is 5.25. The van der Waals surface area contributed by atoms with Gasteiger partial charge in [0.1, 0.15) is 0 Å². The Balaban J connectivity index is 1.41. The van der Waals surface area contributed by atoms with Gasteiger partial charge >= 0.3 is 0 Å². The van der Waals surface area contributed by atoms with E-state index in [0.29, 0.717) is 0 Å². The van der Waals surface area contributed by atoms with Crippen molar-refractivity contribution in [2.45, 2.75) is 97.8 Å². The number of nitrogens with zero attached hydrogens (tertiary/aromatic N) is 1. The molecule has 0 radical (unpaired) electrons. The largest absolute Gasteiger partial charge is 0.310 e. The fourth-order valence-corrected chi connectivity index (χ4v) is 9.35. The van der Waals surface area contributed by atoms with Crippen LogP contribution < -0.4 is 4.90 Å². The van der Waals surface area contributed by atoms with Crippen LogP contribution >= 0.6 is 0 Å².